The van der Waals surface area contributed by atoms with Gasteiger partial charge in [-0.2, -0.15) is 0 Å². The number of furan rings is 1. The second-order valence-corrected chi connectivity index (χ2v) is 5.00. The van der Waals surface area contributed by atoms with E-state index in [-0.39, 0.29) is 28.7 Å². The number of aryl methyl sites for hydroxylation is 1. The van der Waals surface area contributed by atoms with Crippen molar-refractivity contribution in [3.05, 3.63) is 62.6 Å². The molecule has 2 aromatic rings. The van der Waals surface area contributed by atoms with Crippen molar-refractivity contribution in [1.29, 1.82) is 0 Å². The second-order valence-electron chi connectivity index (χ2n) is 4.60. The lowest BCUT2D eigenvalue weighted by Gasteiger charge is -2.15. The van der Waals surface area contributed by atoms with Crippen molar-refractivity contribution in [3.63, 3.8) is 0 Å². The highest BCUT2D eigenvalue weighted by molar-refractivity contribution is 6.32. The van der Waals surface area contributed by atoms with Gasteiger partial charge in [0.15, 0.2) is 0 Å². The number of carbonyl (C=O) groups is 1. The summed E-state index contributed by atoms with van der Waals surface area (Å²) in [6, 6.07) is 7.57. The summed E-state index contributed by atoms with van der Waals surface area (Å²) < 4.78 is 5.40. The molecule has 0 aliphatic rings. The fraction of sp³-hybridized carbons (Fsp3) is 0.214. The van der Waals surface area contributed by atoms with Gasteiger partial charge in [0.25, 0.3) is 11.6 Å². The van der Waals surface area contributed by atoms with Crippen LogP contribution >= 0.6 is 11.6 Å². The maximum absolute atomic E-state index is 12.3. The van der Waals surface area contributed by atoms with E-state index >= 15 is 0 Å². The Morgan fingerprint density at radius 2 is 2.10 bits per heavy atom. The first-order valence-corrected chi connectivity index (χ1v) is 6.51. The summed E-state index contributed by atoms with van der Waals surface area (Å²) in [6.07, 6.45) is 0. The van der Waals surface area contributed by atoms with Crippen LogP contribution in [0.15, 0.2) is 34.7 Å². The highest BCUT2D eigenvalue weighted by Crippen LogP contribution is 2.25. The van der Waals surface area contributed by atoms with Crippen LogP contribution in [0.4, 0.5) is 5.69 Å². The molecule has 1 aromatic heterocycles. The summed E-state index contributed by atoms with van der Waals surface area (Å²) in [6.45, 7) is 2.09. The lowest BCUT2D eigenvalue weighted by Crippen LogP contribution is -2.26. The molecule has 0 N–H and O–H groups in total. The van der Waals surface area contributed by atoms with Crippen molar-refractivity contribution in [2.24, 2.45) is 0 Å². The Bertz CT molecular complexity index is 696. The maximum atomic E-state index is 12.3. The van der Waals surface area contributed by atoms with Crippen LogP contribution in [0.2, 0.25) is 5.02 Å². The number of amides is 1. The first kappa shape index (κ1) is 15.1. The Kier molecular flexibility index (Phi) is 4.28. The summed E-state index contributed by atoms with van der Waals surface area (Å²) in [5.74, 6) is 1.06. The van der Waals surface area contributed by atoms with Crippen LogP contribution in [-0.2, 0) is 6.54 Å². The van der Waals surface area contributed by atoms with Gasteiger partial charge in [-0.3, -0.25) is 14.9 Å². The van der Waals surface area contributed by atoms with Crippen LogP contribution in [0.1, 0.15) is 21.9 Å². The molecule has 0 atom stereocenters. The van der Waals surface area contributed by atoms with Crippen LogP contribution < -0.4 is 0 Å². The number of nitro benzene ring substituents is 1. The molecule has 0 spiro atoms. The van der Waals surface area contributed by atoms with Gasteiger partial charge in [0.2, 0.25) is 0 Å². The molecule has 110 valence electrons. The molecule has 0 fully saturated rings. The van der Waals surface area contributed by atoms with Crippen LogP contribution in [0.3, 0.4) is 0 Å². The number of carbonyl (C=O) groups excluding carboxylic acids is 1. The molecular formula is C14H13ClN2O4. The van der Waals surface area contributed by atoms with Gasteiger partial charge in [-0.25, -0.2) is 0 Å². The highest BCUT2D eigenvalue weighted by atomic mass is 35.5. The van der Waals surface area contributed by atoms with E-state index in [1.54, 1.807) is 19.2 Å². The lowest BCUT2D eigenvalue weighted by atomic mass is 10.1. The van der Waals surface area contributed by atoms with E-state index in [1.807, 2.05) is 6.92 Å². The van der Waals surface area contributed by atoms with E-state index in [0.717, 1.165) is 5.76 Å². The smallest absolute Gasteiger partial charge is 0.288 e. The van der Waals surface area contributed by atoms with Gasteiger partial charge in [0.1, 0.15) is 16.5 Å². The van der Waals surface area contributed by atoms with Crippen molar-refractivity contribution in [2.45, 2.75) is 13.5 Å². The third-order valence-corrected chi connectivity index (χ3v) is 3.25. The van der Waals surface area contributed by atoms with Crippen molar-refractivity contribution in [2.75, 3.05) is 7.05 Å². The molecule has 1 amide bonds. The standard InChI is InChI=1S/C14H13ClN2O4/c1-9-3-5-11(21-9)8-16(2)14(18)10-4-6-12(15)13(7-10)17(19)20/h3-7H,8H2,1-2H3. The minimum Gasteiger partial charge on any atom is -0.464 e. The van der Waals surface area contributed by atoms with Crippen LogP contribution in [0.25, 0.3) is 0 Å². The van der Waals surface area contributed by atoms with E-state index < -0.39 is 4.92 Å². The van der Waals surface area contributed by atoms with Gasteiger partial charge in [0, 0.05) is 18.7 Å². The fourth-order valence-corrected chi connectivity index (χ4v) is 2.07. The largest absolute Gasteiger partial charge is 0.464 e. The molecule has 1 heterocycles. The van der Waals surface area contributed by atoms with Crippen molar-refractivity contribution in [3.8, 4) is 0 Å². The Labute approximate surface area is 126 Å². The molecule has 6 nitrogen and oxygen atoms in total. The molecule has 0 unspecified atom stereocenters. The average Bonchev–Trinajstić information content (AvgIpc) is 2.83. The number of hydrogen-bond acceptors (Lipinski definition) is 4. The van der Waals surface area contributed by atoms with E-state index in [2.05, 4.69) is 0 Å². The first-order chi connectivity index (χ1) is 9.88. The fourth-order valence-electron chi connectivity index (χ4n) is 1.88. The van der Waals surface area contributed by atoms with Crippen molar-refractivity contribution >= 4 is 23.2 Å². The zero-order valence-electron chi connectivity index (χ0n) is 11.5. The number of rotatable bonds is 4. The van der Waals surface area contributed by atoms with Crippen LogP contribution in [-0.4, -0.2) is 22.8 Å². The topological polar surface area (TPSA) is 76.6 Å². The van der Waals surface area contributed by atoms with E-state index in [1.165, 1.54) is 23.1 Å². The van der Waals surface area contributed by atoms with Gasteiger partial charge < -0.3 is 9.32 Å². The highest BCUT2D eigenvalue weighted by Gasteiger charge is 2.19. The normalized spacial score (nSPS) is 10.4. The molecule has 2 rings (SSSR count). The monoisotopic (exact) mass is 308 g/mol. The quantitative estimate of drug-likeness (QED) is 0.640. The minimum atomic E-state index is -0.616. The predicted octanol–water partition coefficient (Wildman–Crippen LogP) is 3.42. The Morgan fingerprint density at radius 3 is 2.67 bits per heavy atom. The Morgan fingerprint density at radius 1 is 1.38 bits per heavy atom. The first-order valence-electron chi connectivity index (χ1n) is 6.13. The Hall–Kier alpha value is -2.34. The predicted molar refractivity (Wildman–Crippen MR) is 77.3 cm³/mol. The number of hydrogen-bond donors (Lipinski definition) is 0. The second kappa shape index (κ2) is 5.97. The van der Waals surface area contributed by atoms with Gasteiger partial charge in [0.05, 0.1) is 11.5 Å². The third-order valence-electron chi connectivity index (χ3n) is 2.93. The number of benzene rings is 1. The maximum Gasteiger partial charge on any atom is 0.288 e. The van der Waals surface area contributed by atoms with E-state index in [0.29, 0.717) is 5.76 Å². The summed E-state index contributed by atoms with van der Waals surface area (Å²) in [7, 11) is 1.60. The van der Waals surface area contributed by atoms with Crippen LogP contribution in [0, 0.1) is 17.0 Å². The molecule has 0 aliphatic carbocycles. The summed E-state index contributed by atoms with van der Waals surface area (Å²) >= 11 is 5.73. The van der Waals surface area contributed by atoms with Gasteiger partial charge in [-0.15, -0.1) is 0 Å². The van der Waals surface area contributed by atoms with Crippen LogP contribution in [0.5, 0.6) is 0 Å². The van der Waals surface area contributed by atoms with Crippen molar-refractivity contribution < 1.29 is 14.1 Å². The molecule has 1 aromatic carbocycles. The molecule has 0 aliphatic heterocycles. The van der Waals surface area contributed by atoms with E-state index in [4.69, 9.17) is 16.0 Å². The molecular weight excluding hydrogens is 296 g/mol. The summed E-state index contributed by atoms with van der Waals surface area (Å²) in [5, 5.41) is 10.8. The summed E-state index contributed by atoms with van der Waals surface area (Å²) in [4.78, 5) is 23.9. The minimum absolute atomic E-state index is 0.000799. The molecule has 0 bridgehead atoms. The summed E-state index contributed by atoms with van der Waals surface area (Å²) in [5.41, 5.74) is -0.0818. The zero-order chi connectivity index (χ0) is 15.6. The molecule has 21 heavy (non-hydrogen) atoms. The molecule has 0 radical (unpaired) electrons. The molecule has 0 saturated heterocycles. The number of nitro groups is 1. The van der Waals surface area contributed by atoms with Gasteiger partial charge in [-0.1, -0.05) is 11.6 Å². The zero-order valence-corrected chi connectivity index (χ0v) is 12.3. The van der Waals surface area contributed by atoms with Crippen molar-refractivity contribution in [1.82, 2.24) is 4.90 Å². The van der Waals surface area contributed by atoms with Gasteiger partial charge in [-0.05, 0) is 31.2 Å². The number of nitrogens with zero attached hydrogens (tertiary/aromatic N) is 2. The molecule has 7 heteroatoms. The van der Waals surface area contributed by atoms with Gasteiger partial charge >= 0.3 is 0 Å². The SMILES string of the molecule is Cc1ccc(CN(C)C(=O)c2ccc(Cl)c([N+](=O)[O-])c2)o1. The molecule has 0 saturated carbocycles. The lowest BCUT2D eigenvalue weighted by molar-refractivity contribution is -0.384. The van der Waals surface area contributed by atoms with E-state index in [9.17, 15) is 14.9 Å². The third kappa shape index (κ3) is 3.41. The average molecular weight is 309 g/mol. The Balaban J connectivity index is 2.19. The number of halogens is 1.